The monoisotopic (exact) mass is 566 g/mol. The van der Waals surface area contributed by atoms with Gasteiger partial charge in [0.1, 0.15) is 0 Å². The van der Waals surface area contributed by atoms with E-state index >= 15 is 4.39 Å². The van der Waals surface area contributed by atoms with Crippen molar-refractivity contribution in [3.05, 3.63) is 88.0 Å². The molecule has 0 radical (unpaired) electrons. The van der Waals surface area contributed by atoms with Gasteiger partial charge < -0.3 is 14.2 Å². The molecule has 3 aromatic rings. The molecule has 4 rings (SSSR count). The Morgan fingerprint density at radius 2 is 1.12 bits per heavy atom. The van der Waals surface area contributed by atoms with E-state index in [9.17, 15) is 26.7 Å². The van der Waals surface area contributed by atoms with Crippen molar-refractivity contribution in [1.29, 1.82) is 0 Å². The summed E-state index contributed by atoms with van der Waals surface area (Å²) in [6, 6.07) is 7.17. The molecule has 40 heavy (non-hydrogen) atoms. The number of rotatable bonds is 9. The number of benzene rings is 3. The van der Waals surface area contributed by atoms with Crippen molar-refractivity contribution in [3.8, 4) is 17.2 Å². The number of carbonyl (C=O) groups is 1. The average molecular weight is 567 g/mol. The van der Waals surface area contributed by atoms with Crippen molar-refractivity contribution in [3.63, 3.8) is 0 Å². The summed E-state index contributed by atoms with van der Waals surface area (Å²) in [7, 11) is 0. The van der Waals surface area contributed by atoms with E-state index in [4.69, 9.17) is 14.2 Å². The largest absolute Gasteiger partial charge is 0.491 e. The Morgan fingerprint density at radius 3 is 1.68 bits per heavy atom. The van der Waals surface area contributed by atoms with Crippen LogP contribution in [0.4, 0.5) is 26.3 Å². The molecule has 4 nitrogen and oxygen atoms in total. The zero-order valence-electron chi connectivity index (χ0n) is 22.0. The first-order valence-corrected chi connectivity index (χ1v) is 13.1. The molecule has 0 saturated heterocycles. The van der Waals surface area contributed by atoms with Crippen molar-refractivity contribution in [2.45, 2.75) is 57.8 Å². The topological polar surface area (TPSA) is 44.8 Å². The lowest BCUT2D eigenvalue weighted by atomic mass is 9.76. The highest BCUT2D eigenvalue weighted by molar-refractivity contribution is 5.91. The van der Waals surface area contributed by atoms with E-state index in [1.54, 1.807) is 13.8 Å². The van der Waals surface area contributed by atoms with E-state index in [0.717, 1.165) is 18.2 Å². The Labute approximate surface area is 227 Å². The summed E-state index contributed by atoms with van der Waals surface area (Å²) in [5.74, 6) is -11.1. The fourth-order valence-corrected chi connectivity index (χ4v) is 4.95. The second-order valence-corrected chi connectivity index (χ2v) is 9.52. The van der Waals surface area contributed by atoms with E-state index in [1.165, 1.54) is 18.2 Å². The number of hydrogen-bond donors (Lipinski definition) is 0. The van der Waals surface area contributed by atoms with Gasteiger partial charge in [-0.25, -0.2) is 18.0 Å². The maximum atomic E-state index is 15.0. The molecule has 0 unspecified atom stereocenters. The molecule has 1 aliphatic rings. The highest BCUT2D eigenvalue weighted by Crippen LogP contribution is 2.43. The summed E-state index contributed by atoms with van der Waals surface area (Å²) in [6.07, 6.45) is 2.14. The van der Waals surface area contributed by atoms with Gasteiger partial charge in [0.2, 0.25) is 17.5 Å². The zero-order chi connectivity index (χ0) is 29.0. The van der Waals surface area contributed by atoms with Gasteiger partial charge in [-0.1, -0.05) is 19.1 Å². The van der Waals surface area contributed by atoms with Crippen LogP contribution in [-0.2, 0) is 0 Å². The second kappa shape index (κ2) is 12.7. The number of carbonyl (C=O) groups excluding carboxylic acids is 1. The fourth-order valence-electron chi connectivity index (χ4n) is 4.95. The quantitative estimate of drug-likeness (QED) is 0.148. The van der Waals surface area contributed by atoms with Crippen LogP contribution in [0.5, 0.6) is 17.2 Å². The third-order valence-corrected chi connectivity index (χ3v) is 6.99. The van der Waals surface area contributed by atoms with Crippen LogP contribution in [0.25, 0.3) is 0 Å². The lowest BCUT2D eigenvalue weighted by Crippen LogP contribution is -2.16. The van der Waals surface area contributed by atoms with Crippen LogP contribution in [0.3, 0.4) is 0 Å². The molecule has 3 aromatic carbocycles. The smallest absolute Gasteiger partial charge is 0.346 e. The fraction of sp³-hybridized carbons (Fsp3) is 0.367. The number of halogens is 6. The number of esters is 1. The summed E-state index contributed by atoms with van der Waals surface area (Å²) in [4.78, 5) is 12.4. The van der Waals surface area contributed by atoms with Gasteiger partial charge in [0.05, 0.1) is 18.8 Å². The highest BCUT2D eigenvalue weighted by Gasteiger charge is 2.30. The molecule has 214 valence electrons. The van der Waals surface area contributed by atoms with Crippen LogP contribution in [0.15, 0.2) is 36.4 Å². The molecule has 10 heteroatoms. The average Bonchev–Trinajstić information content (AvgIpc) is 2.95. The van der Waals surface area contributed by atoms with E-state index < -0.39 is 58.1 Å². The predicted molar refractivity (Wildman–Crippen MR) is 135 cm³/mol. The van der Waals surface area contributed by atoms with Crippen molar-refractivity contribution in [2.24, 2.45) is 0 Å². The van der Waals surface area contributed by atoms with Crippen molar-refractivity contribution in [2.75, 3.05) is 13.2 Å². The Bertz CT molecular complexity index is 1390. The second-order valence-electron chi connectivity index (χ2n) is 9.52. The first-order chi connectivity index (χ1) is 19.2. The predicted octanol–water partition coefficient (Wildman–Crippen LogP) is 8.37. The maximum Gasteiger partial charge on any atom is 0.346 e. The standard InChI is InChI=1S/C30H28F6O4/c1-3-15-39-22-13-11-20(26(33)28(22)35)30(37)40-23-14-10-19(25(32)29(23)36)17-7-5-16(6-8-17)18-9-12-21(38-4-2)27(34)24(18)31/h9-14,16-17H,3-8,15H2,1-2H3. The molecule has 1 saturated carbocycles. The molecule has 0 aliphatic heterocycles. The Morgan fingerprint density at radius 1 is 0.650 bits per heavy atom. The lowest BCUT2D eigenvalue weighted by molar-refractivity contribution is 0.0720. The van der Waals surface area contributed by atoms with E-state index in [0.29, 0.717) is 32.1 Å². The van der Waals surface area contributed by atoms with Crippen molar-refractivity contribution < 1.29 is 45.3 Å². The molecule has 1 aliphatic carbocycles. The third kappa shape index (κ3) is 5.90. The molecular weight excluding hydrogens is 538 g/mol. The molecule has 0 N–H and O–H groups in total. The minimum absolute atomic E-state index is 0.0451. The maximum absolute atomic E-state index is 15.0. The van der Waals surface area contributed by atoms with Crippen molar-refractivity contribution >= 4 is 5.97 Å². The van der Waals surface area contributed by atoms with Gasteiger partial charge >= 0.3 is 5.97 Å². The third-order valence-electron chi connectivity index (χ3n) is 6.99. The van der Waals surface area contributed by atoms with Crippen molar-refractivity contribution in [1.82, 2.24) is 0 Å². The molecule has 0 heterocycles. The first-order valence-electron chi connectivity index (χ1n) is 13.1. The van der Waals surface area contributed by atoms with Gasteiger partial charge in [0.15, 0.2) is 34.7 Å². The van der Waals surface area contributed by atoms with Crippen LogP contribution in [0, 0.1) is 34.9 Å². The summed E-state index contributed by atoms with van der Waals surface area (Å²) in [5, 5.41) is 0. The van der Waals surface area contributed by atoms with Crippen LogP contribution >= 0.6 is 0 Å². The van der Waals surface area contributed by atoms with Crippen LogP contribution in [-0.4, -0.2) is 19.2 Å². The lowest BCUT2D eigenvalue weighted by Gasteiger charge is -2.30. The minimum Gasteiger partial charge on any atom is -0.491 e. The number of ether oxygens (including phenoxy) is 3. The summed E-state index contributed by atoms with van der Waals surface area (Å²) < 4.78 is 102. The van der Waals surface area contributed by atoms with Gasteiger partial charge in [-0.3, -0.25) is 0 Å². The normalized spacial score (nSPS) is 17.0. The molecule has 0 amide bonds. The molecular formula is C30H28F6O4. The number of hydrogen-bond acceptors (Lipinski definition) is 4. The zero-order valence-corrected chi connectivity index (χ0v) is 22.0. The summed E-state index contributed by atoms with van der Waals surface area (Å²) in [5.41, 5.74) is -0.549. The van der Waals surface area contributed by atoms with Crippen LogP contribution in [0.2, 0.25) is 0 Å². The van der Waals surface area contributed by atoms with E-state index in [1.807, 2.05) is 0 Å². The summed E-state index contributed by atoms with van der Waals surface area (Å²) >= 11 is 0. The minimum atomic E-state index is -1.53. The van der Waals surface area contributed by atoms with Crippen LogP contribution in [0.1, 0.15) is 79.3 Å². The summed E-state index contributed by atoms with van der Waals surface area (Å²) in [6.45, 7) is 3.76. The first kappa shape index (κ1) is 29.3. The van der Waals surface area contributed by atoms with Gasteiger partial charge in [-0.2, -0.15) is 13.2 Å². The van der Waals surface area contributed by atoms with Gasteiger partial charge in [0, 0.05) is 0 Å². The van der Waals surface area contributed by atoms with Gasteiger partial charge in [-0.15, -0.1) is 0 Å². The van der Waals surface area contributed by atoms with Crippen LogP contribution < -0.4 is 14.2 Å². The Kier molecular flexibility index (Phi) is 9.27. The molecule has 0 aromatic heterocycles. The highest BCUT2D eigenvalue weighted by atomic mass is 19.2. The molecule has 0 bridgehead atoms. The Hall–Kier alpha value is -3.69. The molecule has 0 atom stereocenters. The van der Waals surface area contributed by atoms with Gasteiger partial charge in [0.25, 0.3) is 0 Å². The Balaban J connectivity index is 1.45. The molecule has 0 spiro atoms. The van der Waals surface area contributed by atoms with E-state index in [2.05, 4.69) is 0 Å². The van der Waals surface area contributed by atoms with Gasteiger partial charge in [-0.05, 0) is 86.3 Å². The van der Waals surface area contributed by atoms with E-state index in [-0.39, 0.29) is 41.8 Å². The SMILES string of the molecule is CCCOc1ccc(C(=O)Oc2ccc(C3CCC(c4ccc(OCC)c(F)c4F)CC3)c(F)c2F)c(F)c1F. The molecule has 1 fully saturated rings.